The average Bonchev–Trinajstić information content (AvgIpc) is 3.24. The minimum Gasteiger partial charge on any atom is -0.484 e. The van der Waals surface area contributed by atoms with Crippen LogP contribution in [0.3, 0.4) is 0 Å². The predicted octanol–water partition coefficient (Wildman–Crippen LogP) is 1.89. The molecule has 1 aromatic rings. The molecule has 1 saturated carbocycles. The third-order valence-electron chi connectivity index (χ3n) is 5.34. The summed E-state index contributed by atoms with van der Waals surface area (Å²) < 4.78 is 5.36. The number of benzene rings is 1. The molecule has 2 aliphatic rings. The predicted molar refractivity (Wildman–Crippen MR) is 98.4 cm³/mol. The highest BCUT2D eigenvalue weighted by molar-refractivity contribution is 5.80. The highest BCUT2D eigenvalue weighted by Crippen LogP contribution is 2.45. The number of primary amides is 1. The summed E-state index contributed by atoms with van der Waals surface area (Å²) in [5.41, 5.74) is 6.73. The zero-order valence-corrected chi connectivity index (χ0v) is 15.0. The molecule has 6 heteroatoms. The van der Waals surface area contributed by atoms with Gasteiger partial charge in [0.1, 0.15) is 5.75 Å². The van der Waals surface area contributed by atoms with Crippen molar-refractivity contribution in [3.05, 3.63) is 29.8 Å². The summed E-state index contributed by atoms with van der Waals surface area (Å²) in [5, 5.41) is 3.45. The maximum atomic E-state index is 10.8. The fourth-order valence-electron chi connectivity index (χ4n) is 4.06. The molecule has 0 atom stereocenters. The maximum absolute atomic E-state index is 10.8. The number of rotatable bonds is 5. The normalized spacial score (nSPS) is 19.4. The fraction of sp³-hybridized carbons (Fsp3) is 0.579. The third-order valence-corrected chi connectivity index (χ3v) is 5.34. The Morgan fingerprint density at radius 1 is 1.36 bits per heavy atom. The van der Waals surface area contributed by atoms with Crippen molar-refractivity contribution in [1.82, 2.24) is 10.2 Å². The van der Waals surface area contributed by atoms with Gasteiger partial charge >= 0.3 is 0 Å². The van der Waals surface area contributed by atoms with Crippen LogP contribution in [0.4, 0.5) is 0 Å². The molecule has 0 radical (unpaired) electrons. The Morgan fingerprint density at radius 3 is 2.88 bits per heavy atom. The third kappa shape index (κ3) is 4.44. The van der Waals surface area contributed by atoms with Crippen LogP contribution < -0.4 is 15.8 Å². The zero-order chi connectivity index (χ0) is 17.7. The molecule has 3 N–H and O–H groups in total. The van der Waals surface area contributed by atoms with Crippen LogP contribution in [0.5, 0.6) is 5.75 Å². The van der Waals surface area contributed by atoms with Gasteiger partial charge in [-0.05, 0) is 42.4 Å². The molecule has 1 heterocycles. The van der Waals surface area contributed by atoms with Gasteiger partial charge in [-0.2, -0.15) is 0 Å². The zero-order valence-electron chi connectivity index (χ0n) is 15.0. The van der Waals surface area contributed by atoms with Crippen LogP contribution >= 0.6 is 0 Å². The van der Waals surface area contributed by atoms with E-state index in [1.807, 2.05) is 31.3 Å². The highest BCUT2D eigenvalue weighted by Gasteiger charge is 2.40. The number of nitrogens with two attached hydrogens (primary N) is 1. The molecule has 6 nitrogen and oxygen atoms in total. The van der Waals surface area contributed by atoms with Crippen molar-refractivity contribution in [3.8, 4) is 5.75 Å². The first-order valence-electron chi connectivity index (χ1n) is 9.06. The molecule has 1 aliphatic carbocycles. The van der Waals surface area contributed by atoms with Crippen molar-refractivity contribution in [1.29, 1.82) is 0 Å². The number of hydrogen-bond acceptors (Lipinski definition) is 3. The van der Waals surface area contributed by atoms with E-state index in [0.717, 1.165) is 24.6 Å². The Hall–Kier alpha value is -2.24. The van der Waals surface area contributed by atoms with Gasteiger partial charge in [0.15, 0.2) is 12.6 Å². The quantitative estimate of drug-likeness (QED) is 0.631. The van der Waals surface area contributed by atoms with Crippen molar-refractivity contribution in [3.63, 3.8) is 0 Å². The molecule has 0 bridgehead atoms. The number of hydrogen-bond donors (Lipinski definition) is 2. The molecule has 1 saturated heterocycles. The Kier molecular flexibility index (Phi) is 5.46. The smallest absolute Gasteiger partial charge is 0.255 e. The van der Waals surface area contributed by atoms with E-state index in [1.54, 1.807) is 0 Å². The first-order valence-corrected chi connectivity index (χ1v) is 9.06. The molecule has 25 heavy (non-hydrogen) atoms. The van der Waals surface area contributed by atoms with Crippen molar-refractivity contribution < 1.29 is 9.53 Å². The summed E-state index contributed by atoms with van der Waals surface area (Å²) >= 11 is 0. The minimum absolute atomic E-state index is 0.103. The van der Waals surface area contributed by atoms with Gasteiger partial charge in [-0.3, -0.25) is 9.79 Å². The van der Waals surface area contributed by atoms with Crippen LogP contribution in [0.1, 0.15) is 37.7 Å². The van der Waals surface area contributed by atoms with Gasteiger partial charge in [0, 0.05) is 26.7 Å². The topological polar surface area (TPSA) is 80.0 Å². The number of carbonyl (C=O) groups is 1. The monoisotopic (exact) mass is 344 g/mol. The lowest BCUT2D eigenvalue weighted by atomic mass is 9.86. The summed E-state index contributed by atoms with van der Waals surface area (Å²) in [6, 6.07) is 7.69. The number of nitrogens with one attached hydrogen (secondary N) is 1. The summed E-state index contributed by atoms with van der Waals surface area (Å²) in [4.78, 5) is 17.7. The van der Waals surface area contributed by atoms with E-state index in [1.165, 1.54) is 32.1 Å². The molecule has 0 unspecified atom stereocenters. The summed E-state index contributed by atoms with van der Waals surface area (Å²) in [6.07, 6.45) is 6.75. The number of nitrogens with zero attached hydrogens (tertiary/aromatic N) is 2. The van der Waals surface area contributed by atoms with Gasteiger partial charge < -0.3 is 20.7 Å². The van der Waals surface area contributed by atoms with Gasteiger partial charge in [-0.25, -0.2) is 0 Å². The second kappa shape index (κ2) is 7.76. The standard InChI is InChI=1S/C19H28N4O2/c1-21-18(23-10-9-19(14-23)7-2-3-8-19)22-12-15-5-4-6-16(11-15)25-13-17(20)24/h4-6,11H,2-3,7-10,12-14H2,1H3,(H2,20,24)(H,21,22). The molecule has 2 fully saturated rings. The summed E-state index contributed by atoms with van der Waals surface area (Å²) in [7, 11) is 1.84. The van der Waals surface area contributed by atoms with Crippen LogP contribution in [-0.4, -0.2) is 43.5 Å². The molecule has 1 aromatic carbocycles. The van der Waals surface area contributed by atoms with E-state index in [-0.39, 0.29) is 6.61 Å². The number of aliphatic imine (C=N–C) groups is 1. The molecule has 136 valence electrons. The molecule has 0 aromatic heterocycles. The van der Waals surface area contributed by atoms with Gasteiger partial charge in [0.2, 0.25) is 0 Å². The average molecular weight is 344 g/mol. The van der Waals surface area contributed by atoms with Crippen LogP contribution in [0.15, 0.2) is 29.3 Å². The van der Waals surface area contributed by atoms with E-state index in [4.69, 9.17) is 10.5 Å². The van der Waals surface area contributed by atoms with Crippen LogP contribution in [0, 0.1) is 5.41 Å². The first-order chi connectivity index (χ1) is 12.1. The SMILES string of the molecule is CN=C(NCc1cccc(OCC(N)=O)c1)N1CCC2(CCCC2)C1. The Balaban J connectivity index is 1.55. The molecular weight excluding hydrogens is 316 g/mol. The lowest BCUT2D eigenvalue weighted by Crippen LogP contribution is -2.40. The van der Waals surface area contributed by atoms with Crippen molar-refractivity contribution in [2.75, 3.05) is 26.7 Å². The van der Waals surface area contributed by atoms with Crippen molar-refractivity contribution in [2.45, 2.75) is 38.6 Å². The summed E-state index contributed by atoms with van der Waals surface area (Å²) in [6.45, 7) is 2.77. The molecule has 1 amide bonds. The Bertz CT molecular complexity index is 638. The lowest BCUT2D eigenvalue weighted by Gasteiger charge is -2.26. The minimum atomic E-state index is -0.473. The van der Waals surface area contributed by atoms with Crippen LogP contribution in [0.2, 0.25) is 0 Å². The van der Waals surface area contributed by atoms with E-state index in [9.17, 15) is 4.79 Å². The first kappa shape index (κ1) is 17.6. The Labute approximate surface area is 149 Å². The van der Waals surface area contributed by atoms with Crippen molar-refractivity contribution >= 4 is 11.9 Å². The van der Waals surface area contributed by atoms with E-state index < -0.39 is 5.91 Å². The molecule has 3 rings (SSSR count). The largest absolute Gasteiger partial charge is 0.484 e. The molecular formula is C19H28N4O2. The van der Waals surface area contributed by atoms with Gasteiger partial charge in [-0.15, -0.1) is 0 Å². The van der Waals surface area contributed by atoms with Gasteiger partial charge in [0.25, 0.3) is 5.91 Å². The summed E-state index contributed by atoms with van der Waals surface area (Å²) in [5.74, 6) is 1.14. The highest BCUT2D eigenvalue weighted by atomic mass is 16.5. The molecule has 1 aliphatic heterocycles. The maximum Gasteiger partial charge on any atom is 0.255 e. The fourth-order valence-corrected chi connectivity index (χ4v) is 4.06. The van der Waals surface area contributed by atoms with E-state index in [0.29, 0.717) is 17.7 Å². The number of amides is 1. The lowest BCUT2D eigenvalue weighted by molar-refractivity contribution is -0.119. The van der Waals surface area contributed by atoms with Crippen molar-refractivity contribution in [2.24, 2.45) is 16.1 Å². The van der Waals surface area contributed by atoms with Crippen LogP contribution in [-0.2, 0) is 11.3 Å². The van der Waals surface area contributed by atoms with Crippen LogP contribution in [0.25, 0.3) is 0 Å². The molecule has 1 spiro atoms. The number of likely N-dealkylation sites (tertiary alicyclic amines) is 1. The van der Waals surface area contributed by atoms with E-state index in [2.05, 4.69) is 15.2 Å². The Morgan fingerprint density at radius 2 is 2.16 bits per heavy atom. The second-order valence-electron chi connectivity index (χ2n) is 7.18. The van der Waals surface area contributed by atoms with Gasteiger partial charge in [0.05, 0.1) is 0 Å². The second-order valence-corrected chi connectivity index (χ2v) is 7.18. The number of ether oxygens (including phenoxy) is 1. The van der Waals surface area contributed by atoms with E-state index >= 15 is 0 Å². The number of carbonyl (C=O) groups excluding carboxylic acids is 1. The van der Waals surface area contributed by atoms with Gasteiger partial charge in [-0.1, -0.05) is 25.0 Å². The number of guanidine groups is 1.